The molecule has 0 heterocycles. The van der Waals surface area contributed by atoms with E-state index in [9.17, 15) is 9.36 Å². The topological polar surface area (TPSA) is 61.8 Å². The van der Waals surface area contributed by atoms with Crippen molar-refractivity contribution in [3.63, 3.8) is 0 Å². The molecule has 0 aliphatic carbocycles. The molecule has 0 amide bonds. The van der Waals surface area contributed by atoms with Crippen molar-refractivity contribution in [3.8, 4) is 0 Å². The van der Waals surface area contributed by atoms with Gasteiger partial charge in [-0.25, -0.2) is 0 Å². The fraction of sp³-hybridized carbons (Fsp3) is 0.889. The van der Waals surface area contributed by atoms with Crippen molar-refractivity contribution in [2.45, 2.75) is 32.6 Å². The molecular formula is C9H18O5P+. The predicted octanol–water partition coefficient (Wildman–Crippen LogP) is 2.43. The van der Waals surface area contributed by atoms with E-state index in [-0.39, 0.29) is 5.97 Å². The maximum atomic E-state index is 10.9. The van der Waals surface area contributed by atoms with Gasteiger partial charge in [0.05, 0.1) is 7.11 Å². The monoisotopic (exact) mass is 237 g/mol. The van der Waals surface area contributed by atoms with Crippen LogP contribution >= 0.6 is 8.25 Å². The maximum Gasteiger partial charge on any atom is 0.697 e. The molecule has 0 aromatic carbocycles. The summed E-state index contributed by atoms with van der Waals surface area (Å²) in [6.07, 6.45) is 2.81. The molecule has 0 aromatic rings. The second kappa shape index (κ2) is 10.0. The smallest absolute Gasteiger partial charge is 0.469 e. The van der Waals surface area contributed by atoms with Gasteiger partial charge in [0.2, 0.25) is 0 Å². The number of carbonyl (C=O) groups is 1. The van der Waals surface area contributed by atoms with Gasteiger partial charge in [-0.1, -0.05) is 6.42 Å². The zero-order valence-electron chi connectivity index (χ0n) is 9.23. The van der Waals surface area contributed by atoms with Crippen molar-refractivity contribution in [3.05, 3.63) is 0 Å². The quantitative estimate of drug-likeness (QED) is 0.350. The Morgan fingerprint density at radius 2 is 1.93 bits per heavy atom. The summed E-state index contributed by atoms with van der Waals surface area (Å²) in [5.41, 5.74) is 0. The molecular weight excluding hydrogens is 219 g/mol. The van der Waals surface area contributed by atoms with Crippen LogP contribution in [-0.4, -0.2) is 26.3 Å². The van der Waals surface area contributed by atoms with Gasteiger partial charge < -0.3 is 4.74 Å². The lowest BCUT2D eigenvalue weighted by atomic mass is 10.2. The highest BCUT2D eigenvalue weighted by Crippen LogP contribution is 2.23. The van der Waals surface area contributed by atoms with Crippen LogP contribution in [0.3, 0.4) is 0 Å². The van der Waals surface area contributed by atoms with Crippen LogP contribution in [0.1, 0.15) is 32.6 Å². The third-order valence-electron chi connectivity index (χ3n) is 1.68. The molecule has 0 aromatic heterocycles. The summed E-state index contributed by atoms with van der Waals surface area (Å²) in [5, 5.41) is 0. The molecule has 0 aliphatic heterocycles. The first-order valence-corrected chi connectivity index (χ1v) is 6.10. The molecule has 0 saturated heterocycles. The van der Waals surface area contributed by atoms with Crippen LogP contribution in [0.2, 0.25) is 0 Å². The third kappa shape index (κ3) is 9.79. The Balaban J connectivity index is 3.18. The first-order chi connectivity index (χ1) is 7.20. The predicted molar refractivity (Wildman–Crippen MR) is 55.7 cm³/mol. The summed E-state index contributed by atoms with van der Waals surface area (Å²) in [5.74, 6) is -0.198. The van der Waals surface area contributed by atoms with Crippen LogP contribution in [0, 0.1) is 0 Å². The van der Waals surface area contributed by atoms with Crippen molar-refractivity contribution in [2.75, 3.05) is 20.3 Å². The van der Waals surface area contributed by atoms with E-state index < -0.39 is 8.25 Å². The molecule has 5 nitrogen and oxygen atoms in total. The van der Waals surface area contributed by atoms with Crippen LogP contribution in [-0.2, 0) is 23.1 Å². The Kier molecular flexibility index (Phi) is 9.68. The van der Waals surface area contributed by atoms with Crippen LogP contribution in [0.4, 0.5) is 0 Å². The Morgan fingerprint density at radius 1 is 1.20 bits per heavy atom. The second-order valence-electron chi connectivity index (χ2n) is 2.86. The molecule has 15 heavy (non-hydrogen) atoms. The Bertz CT molecular complexity index is 195. The first-order valence-electron chi connectivity index (χ1n) is 5.00. The van der Waals surface area contributed by atoms with E-state index in [0.717, 1.165) is 19.3 Å². The van der Waals surface area contributed by atoms with Gasteiger partial charge in [-0.3, -0.25) is 4.79 Å². The molecule has 0 rings (SSSR count). The van der Waals surface area contributed by atoms with E-state index in [1.807, 2.05) is 0 Å². The zero-order chi connectivity index (χ0) is 11.5. The van der Waals surface area contributed by atoms with E-state index in [1.165, 1.54) is 7.11 Å². The minimum atomic E-state index is -1.96. The number of rotatable bonds is 9. The summed E-state index contributed by atoms with van der Waals surface area (Å²) >= 11 is 0. The van der Waals surface area contributed by atoms with Gasteiger partial charge in [-0.2, -0.15) is 0 Å². The number of unbranched alkanes of at least 4 members (excludes halogenated alkanes) is 2. The molecule has 0 radical (unpaired) electrons. The number of carbonyl (C=O) groups excluding carboxylic acids is 1. The first kappa shape index (κ1) is 14.5. The van der Waals surface area contributed by atoms with Gasteiger partial charge in [0.25, 0.3) is 0 Å². The summed E-state index contributed by atoms with van der Waals surface area (Å²) in [4.78, 5) is 10.7. The van der Waals surface area contributed by atoms with Gasteiger partial charge in [-0.05, 0) is 19.8 Å². The summed E-state index contributed by atoms with van der Waals surface area (Å²) in [7, 11) is -0.586. The molecule has 6 heteroatoms. The average Bonchev–Trinajstić information content (AvgIpc) is 2.23. The van der Waals surface area contributed by atoms with Gasteiger partial charge in [0, 0.05) is 11.0 Å². The van der Waals surface area contributed by atoms with Crippen LogP contribution < -0.4 is 0 Å². The molecule has 0 N–H and O–H groups in total. The van der Waals surface area contributed by atoms with Gasteiger partial charge in [0.1, 0.15) is 13.2 Å². The van der Waals surface area contributed by atoms with E-state index in [4.69, 9.17) is 9.05 Å². The van der Waals surface area contributed by atoms with Gasteiger partial charge in [0.15, 0.2) is 0 Å². The lowest BCUT2D eigenvalue weighted by Gasteiger charge is -1.97. The van der Waals surface area contributed by atoms with Crippen molar-refractivity contribution in [2.24, 2.45) is 0 Å². The average molecular weight is 237 g/mol. The van der Waals surface area contributed by atoms with E-state index in [0.29, 0.717) is 19.6 Å². The SMILES string of the molecule is CCO[P+](=O)OCCCCCC(=O)OC. The number of hydrogen-bond donors (Lipinski definition) is 0. The Morgan fingerprint density at radius 3 is 2.53 bits per heavy atom. The number of ether oxygens (including phenoxy) is 1. The molecule has 0 saturated carbocycles. The number of methoxy groups -OCH3 is 1. The maximum absolute atomic E-state index is 10.9. The molecule has 0 spiro atoms. The van der Waals surface area contributed by atoms with E-state index in [2.05, 4.69) is 4.74 Å². The highest BCUT2D eigenvalue weighted by Gasteiger charge is 2.17. The highest BCUT2D eigenvalue weighted by atomic mass is 31.1. The Labute approximate surface area is 91.0 Å². The van der Waals surface area contributed by atoms with Crippen LogP contribution in [0.5, 0.6) is 0 Å². The summed E-state index contributed by atoms with van der Waals surface area (Å²) in [6, 6.07) is 0. The number of hydrogen-bond acceptors (Lipinski definition) is 5. The van der Waals surface area contributed by atoms with Crippen molar-refractivity contribution in [1.29, 1.82) is 0 Å². The van der Waals surface area contributed by atoms with Crippen LogP contribution in [0.15, 0.2) is 0 Å². The zero-order valence-corrected chi connectivity index (χ0v) is 10.1. The summed E-state index contributed by atoms with van der Waals surface area (Å²) in [6.45, 7) is 2.54. The minimum absolute atomic E-state index is 0.198. The fourth-order valence-corrected chi connectivity index (χ4v) is 1.50. The van der Waals surface area contributed by atoms with E-state index >= 15 is 0 Å². The molecule has 1 unspecified atom stereocenters. The molecule has 0 aliphatic rings. The van der Waals surface area contributed by atoms with Crippen molar-refractivity contribution >= 4 is 14.2 Å². The standard InChI is InChI=1S/C9H18O5P/c1-3-13-15(11)14-8-6-4-5-7-9(10)12-2/h3-8H2,1-2H3/q+1. The fourth-order valence-electron chi connectivity index (χ4n) is 0.932. The van der Waals surface area contributed by atoms with E-state index in [1.54, 1.807) is 6.92 Å². The van der Waals surface area contributed by atoms with Gasteiger partial charge in [-0.15, -0.1) is 9.05 Å². The highest BCUT2D eigenvalue weighted by molar-refractivity contribution is 7.33. The largest absolute Gasteiger partial charge is 0.697 e. The Hall–Kier alpha value is -0.510. The van der Waals surface area contributed by atoms with Crippen LogP contribution in [0.25, 0.3) is 0 Å². The second-order valence-corrected chi connectivity index (χ2v) is 3.83. The third-order valence-corrected chi connectivity index (χ3v) is 2.55. The van der Waals surface area contributed by atoms with Crippen molar-refractivity contribution in [1.82, 2.24) is 0 Å². The lowest BCUT2D eigenvalue weighted by molar-refractivity contribution is -0.140. The minimum Gasteiger partial charge on any atom is -0.469 e. The molecule has 0 bridgehead atoms. The lowest BCUT2D eigenvalue weighted by Crippen LogP contribution is -1.99. The normalized spacial score (nSPS) is 11.2. The number of esters is 1. The van der Waals surface area contributed by atoms with Crippen molar-refractivity contribution < 1.29 is 23.1 Å². The molecule has 1 atom stereocenters. The molecule has 0 fully saturated rings. The summed E-state index contributed by atoms with van der Waals surface area (Å²) < 4.78 is 25.0. The molecule has 88 valence electrons. The van der Waals surface area contributed by atoms with Gasteiger partial charge >= 0.3 is 14.2 Å².